The molecule has 1 aromatic carbocycles. The van der Waals surface area contributed by atoms with Gasteiger partial charge in [0.25, 0.3) is 0 Å². The van der Waals surface area contributed by atoms with Gasteiger partial charge in [0.2, 0.25) is 0 Å². The molecule has 2 rings (SSSR count). The van der Waals surface area contributed by atoms with Crippen LogP contribution in [-0.2, 0) is 0 Å². The molecule has 0 aromatic heterocycles. The van der Waals surface area contributed by atoms with Gasteiger partial charge in [-0.15, -0.1) is 0 Å². The number of rotatable bonds is 16. The third-order valence-corrected chi connectivity index (χ3v) is 6.05. The van der Waals surface area contributed by atoms with Crippen LogP contribution < -0.4 is 0 Å². The van der Waals surface area contributed by atoms with Crippen molar-refractivity contribution in [3.05, 3.63) is 48.0 Å². The average molecular weight is 370 g/mol. The summed E-state index contributed by atoms with van der Waals surface area (Å²) in [7, 11) is 0. The number of hydrogen-bond donors (Lipinski definition) is 0. The minimum atomic E-state index is 0.549. The summed E-state index contributed by atoms with van der Waals surface area (Å²) in [6.45, 7) is 5.85. The Morgan fingerprint density at radius 1 is 0.852 bits per heavy atom. The molecule has 0 saturated carbocycles. The highest BCUT2D eigenvalue weighted by Gasteiger charge is 2.35. The Morgan fingerprint density at radius 2 is 1.41 bits per heavy atom. The van der Waals surface area contributed by atoms with Gasteiger partial charge in [-0.25, -0.2) is 0 Å². The first-order chi connectivity index (χ1) is 13.3. The second kappa shape index (κ2) is 14.0. The van der Waals surface area contributed by atoms with Crippen molar-refractivity contribution in [2.75, 3.05) is 6.54 Å². The van der Waals surface area contributed by atoms with Crippen LogP contribution in [0.1, 0.15) is 109 Å². The highest BCUT2D eigenvalue weighted by Crippen LogP contribution is 2.32. The molecule has 0 spiro atoms. The molecule has 1 aliphatic rings. The summed E-state index contributed by atoms with van der Waals surface area (Å²) in [5.41, 5.74) is 1.44. The van der Waals surface area contributed by atoms with Gasteiger partial charge in [0.05, 0.1) is 0 Å². The number of benzene rings is 1. The minimum absolute atomic E-state index is 0.549. The van der Waals surface area contributed by atoms with Crippen molar-refractivity contribution in [1.29, 1.82) is 0 Å². The molecule has 1 saturated heterocycles. The number of allylic oxidation sites excluding steroid dienone is 1. The quantitative estimate of drug-likeness (QED) is 0.162. The third-order valence-electron chi connectivity index (χ3n) is 6.05. The lowest BCUT2D eigenvalue weighted by Gasteiger charge is -2.13. The third kappa shape index (κ3) is 9.60. The van der Waals surface area contributed by atoms with Gasteiger partial charge in [0.15, 0.2) is 0 Å². The van der Waals surface area contributed by atoms with Gasteiger partial charge in [-0.2, -0.15) is 0 Å². The van der Waals surface area contributed by atoms with E-state index in [2.05, 4.69) is 61.2 Å². The zero-order chi connectivity index (χ0) is 19.2. The number of hydrogen-bond acceptors (Lipinski definition) is 1. The summed E-state index contributed by atoms with van der Waals surface area (Å²) < 4.78 is 0. The summed E-state index contributed by atoms with van der Waals surface area (Å²) in [5, 5.41) is 0. The number of nitrogens with zero attached hydrogens (tertiary/aromatic N) is 1. The Balaban J connectivity index is 1.38. The molecule has 1 fully saturated rings. The van der Waals surface area contributed by atoms with E-state index in [0.29, 0.717) is 12.1 Å². The maximum atomic E-state index is 2.58. The molecular formula is C26H43N. The highest BCUT2D eigenvalue weighted by molar-refractivity contribution is 5.21. The van der Waals surface area contributed by atoms with Gasteiger partial charge >= 0.3 is 0 Å². The lowest BCUT2D eigenvalue weighted by atomic mass is 10.0. The molecule has 1 heterocycles. The molecule has 1 aromatic rings. The predicted molar refractivity (Wildman–Crippen MR) is 120 cm³/mol. The molecule has 1 aliphatic heterocycles. The maximum absolute atomic E-state index is 2.58. The summed E-state index contributed by atoms with van der Waals surface area (Å²) in [6.07, 6.45) is 23.4. The highest BCUT2D eigenvalue weighted by atomic mass is 15.3. The second-order valence-electron chi connectivity index (χ2n) is 8.46. The van der Waals surface area contributed by atoms with Crippen LogP contribution in [0.4, 0.5) is 0 Å². The molecule has 0 N–H and O–H groups in total. The summed E-state index contributed by atoms with van der Waals surface area (Å²) in [4.78, 5) is 2.58. The fourth-order valence-corrected chi connectivity index (χ4v) is 4.07. The largest absolute Gasteiger partial charge is 0.287 e. The first kappa shape index (κ1) is 22.2. The van der Waals surface area contributed by atoms with Crippen LogP contribution in [0.2, 0.25) is 0 Å². The monoisotopic (exact) mass is 369 g/mol. The zero-order valence-corrected chi connectivity index (χ0v) is 18.0. The second-order valence-corrected chi connectivity index (χ2v) is 8.46. The van der Waals surface area contributed by atoms with Gasteiger partial charge in [-0.1, -0.05) is 120 Å². The van der Waals surface area contributed by atoms with Crippen molar-refractivity contribution in [3.63, 3.8) is 0 Å². The Labute approximate surface area is 169 Å². The molecule has 3 atom stereocenters. The van der Waals surface area contributed by atoms with Crippen molar-refractivity contribution in [1.82, 2.24) is 4.90 Å². The van der Waals surface area contributed by atoms with Crippen LogP contribution >= 0.6 is 0 Å². The Hall–Kier alpha value is -1.08. The average Bonchev–Trinajstić information content (AvgIpc) is 3.48. The van der Waals surface area contributed by atoms with E-state index in [0.717, 1.165) is 0 Å². The molecule has 1 unspecified atom stereocenters. The topological polar surface area (TPSA) is 3.01 Å². The van der Waals surface area contributed by atoms with E-state index in [-0.39, 0.29) is 0 Å². The normalized spacial score (nSPS) is 20.2. The SMILES string of the molecule is CCCCCCCCCCCCCC/C=C\[C@@H]1CN1[C@H](C)c1ccccc1. The lowest BCUT2D eigenvalue weighted by molar-refractivity contribution is 0.424. The van der Waals surface area contributed by atoms with Crippen LogP contribution in [0.15, 0.2) is 42.5 Å². The maximum Gasteiger partial charge on any atom is 0.0413 e. The van der Waals surface area contributed by atoms with Crippen LogP contribution in [0.3, 0.4) is 0 Å². The summed E-state index contributed by atoms with van der Waals surface area (Å²) in [5.74, 6) is 0. The molecule has 27 heavy (non-hydrogen) atoms. The van der Waals surface area contributed by atoms with E-state index in [4.69, 9.17) is 0 Å². The van der Waals surface area contributed by atoms with E-state index in [1.54, 1.807) is 0 Å². The van der Waals surface area contributed by atoms with E-state index >= 15 is 0 Å². The molecular weight excluding hydrogens is 326 g/mol. The smallest absolute Gasteiger partial charge is 0.0413 e. The van der Waals surface area contributed by atoms with Crippen molar-refractivity contribution < 1.29 is 0 Å². The standard InChI is InChI=1S/C26H43N/c1-3-4-5-6-7-8-9-10-11-12-13-14-15-19-22-26-23-27(26)24(2)25-20-17-16-18-21-25/h16-22,24,26H,3-15,23H2,1-2H3/b22-19-/t24-,26-,27?/m1/s1. The minimum Gasteiger partial charge on any atom is -0.287 e. The van der Waals surface area contributed by atoms with Crippen LogP contribution in [-0.4, -0.2) is 17.5 Å². The van der Waals surface area contributed by atoms with Crippen molar-refractivity contribution in [3.8, 4) is 0 Å². The summed E-state index contributed by atoms with van der Waals surface area (Å²) >= 11 is 0. The molecule has 0 amide bonds. The molecule has 152 valence electrons. The van der Waals surface area contributed by atoms with Crippen molar-refractivity contribution in [2.24, 2.45) is 0 Å². The van der Waals surface area contributed by atoms with Crippen LogP contribution in [0.5, 0.6) is 0 Å². The first-order valence-electron chi connectivity index (χ1n) is 11.8. The summed E-state index contributed by atoms with van der Waals surface area (Å²) in [6, 6.07) is 12.1. The predicted octanol–water partition coefficient (Wildman–Crippen LogP) is 8.08. The van der Waals surface area contributed by atoms with Gasteiger partial charge in [-0.05, 0) is 25.3 Å². The fourth-order valence-electron chi connectivity index (χ4n) is 4.07. The van der Waals surface area contributed by atoms with Crippen LogP contribution in [0, 0.1) is 0 Å². The fraction of sp³-hybridized carbons (Fsp3) is 0.692. The van der Waals surface area contributed by atoms with E-state index < -0.39 is 0 Å². The van der Waals surface area contributed by atoms with Gasteiger partial charge in [0, 0.05) is 18.6 Å². The van der Waals surface area contributed by atoms with Gasteiger partial charge < -0.3 is 0 Å². The van der Waals surface area contributed by atoms with Crippen molar-refractivity contribution in [2.45, 2.75) is 109 Å². The number of unbranched alkanes of at least 4 members (excludes halogenated alkanes) is 12. The lowest BCUT2D eigenvalue weighted by Crippen LogP contribution is -2.07. The Bertz CT molecular complexity index is 492. The van der Waals surface area contributed by atoms with Gasteiger partial charge in [-0.3, -0.25) is 4.90 Å². The first-order valence-corrected chi connectivity index (χ1v) is 11.8. The molecule has 1 nitrogen and oxygen atoms in total. The van der Waals surface area contributed by atoms with E-state index in [1.165, 1.54) is 95.6 Å². The van der Waals surface area contributed by atoms with Crippen molar-refractivity contribution >= 4 is 0 Å². The zero-order valence-electron chi connectivity index (χ0n) is 18.0. The molecule has 0 radical (unpaired) electrons. The van der Waals surface area contributed by atoms with E-state index in [1.807, 2.05) is 0 Å². The van der Waals surface area contributed by atoms with E-state index in [9.17, 15) is 0 Å². The van der Waals surface area contributed by atoms with Gasteiger partial charge in [0.1, 0.15) is 0 Å². The molecule has 0 bridgehead atoms. The molecule has 0 aliphatic carbocycles. The Kier molecular flexibility index (Phi) is 11.5. The Morgan fingerprint density at radius 3 is 2.00 bits per heavy atom. The molecule has 1 heteroatoms. The van der Waals surface area contributed by atoms with Crippen LogP contribution in [0.25, 0.3) is 0 Å².